The van der Waals surface area contributed by atoms with Crippen LogP contribution in [-0.2, 0) is 17.8 Å². The highest BCUT2D eigenvalue weighted by molar-refractivity contribution is 7.17. The maximum Gasteiger partial charge on any atom is 0.272 e. The molecule has 7 nitrogen and oxygen atoms in total. The Bertz CT molecular complexity index is 892. The minimum absolute atomic E-state index is 0.0235. The van der Waals surface area contributed by atoms with Crippen molar-refractivity contribution in [3.8, 4) is 0 Å². The molecule has 0 saturated heterocycles. The average molecular weight is 319 g/mol. The highest BCUT2D eigenvalue weighted by Gasteiger charge is 2.17. The lowest BCUT2D eigenvalue weighted by Gasteiger charge is -2.08. The topological polar surface area (TPSA) is 81.3 Å². The van der Waals surface area contributed by atoms with Crippen LogP contribution in [0.25, 0.3) is 16.0 Å². The van der Waals surface area contributed by atoms with Crippen molar-refractivity contribution in [2.45, 2.75) is 32.7 Å². The van der Waals surface area contributed by atoms with E-state index in [4.69, 9.17) is 0 Å². The first kappa shape index (κ1) is 14.7. The molecule has 3 aromatic heterocycles. The standard InChI is InChI=1S/C14H17N5O2S/c1-3-7-18-13(21)12-9(6-8-22-12)19-10(16-17-14(18)19)4-5-11(20)15-2/h6,8H,3-5,7H2,1-2H3,(H,15,20). The lowest BCUT2D eigenvalue weighted by atomic mass is 10.3. The predicted octanol–water partition coefficient (Wildman–Crippen LogP) is 1.19. The second-order valence-electron chi connectivity index (χ2n) is 5.02. The summed E-state index contributed by atoms with van der Waals surface area (Å²) in [6.07, 6.45) is 1.67. The van der Waals surface area contributed by atoms with Gasteiger partial charge in [0.15, 0.2) is 0 Å². The molecule has 3 aromatic rings. The summed E-state index contributed by atoms with van der Waals surface area (Å²) in [5.41, 5.74) is 0.791. The fourth-order valence-corrected chi connectivity index (χ4v) is 3.34. The van der Waals surface area contributed by atoms with E-state index < -0.39 is 0 Å². The molecule has 3 rings (SSSR count). The maximum absolute atomic E-state index is 12.5. The molecule has 0 radical (unpaired) electrons. The second kappa shape index (κ2) is 5.88. The lowest BCUT2D eigenvalue weighted by molar-refractivity contribution is -0.120. The summed E-state index contributed by atoms with van der Waals surface area (Å²) < 4.78 is 4.25. The molecule has 8 heteroatoms. The summed E-state index contributed by atoms with van der Waals surface area (Å²) in [6, 6.07) is 1.90. The summed E-state index contributed by atoms with van der Waals surface area (Å²) in [6.45, 7) is 2.62. The number of thiophene rings is 1. The Morgan fingerprint density at radius 2 is 2.23 bits per heavy atom. The Morgan fingerprint density at radius 3 is 2.95 bits per heavy atom. The molecule has 0 aromatic carbocycles. The number of carbonyl (C=O) groups is 1. The molecule has 0 atom stereocenters. The molecule has 0 bridgehead atoms. The van der Waals surface area contributed by atoms with Crippen molar-refractivity contribution >= 4 is 33.2 Å². The van der Waals surface area contributed by atoms with Gasteiger partial charge in [0.2, 0.25) is 11.7 Å². The highest BCUT2D eigenvalue weighted by Crippen LogP contribution is 2.20. The van der Waals surface area contributed by atoms with Gasteiger partial charge >= 0.3 is 0 Å². The number of hydrogen-bond donors (Lipinski definition) is 1. The van der Waals surface area contributed by atoms with E-state index >= 15 is 0 Å². The van der Waals surface area contributed by atoms with Crippen LogP contribution in [0.5, 0.6) is 0 Å². The van der Waals surface area contributed by atoms with E-state index in [1.54, 1.807) is 11.6 Å². The Morgan fingerprint density at radius 1 is 1.41 bits per heavy atom. The van der Waals surface area contributed by atoms with E-state index in [-0.39, 0.29) is 11.5 Å². The van der Waals surface area contributed by atoms with Crippen LogP contribution in [0.15, 0.2) is 16.2 Å². The number of hydrogen-bond acceptors (Lipinski definition) is 5. The van der Waals surface area contributed by atoms with E-state index in [2.05, 4.69) is 15.5 Å². The van der Waals surface area contributed by atoms with Gasteiger partial charge in [0.05, 0.1) is 5.52 Å². The maximum atomic E-state index is 12.5. The van der Waals surface area contributed by atoms with Crippen LogP contribution >= 0.6 is 11.3 Å². The third-order valence-corrected chi connectivity index (χ3v) is 4.47. The van der Waals surface area contributed by atoms with Crippen LogP contribution in [0.3, 0.4) is 0 Å². The van der Waals surface area contributed by atoms with Crippen LogP contribution in [0.4, 0.5) is 0 Å². The van der Waals surface area contributed by atoms with Crippen molar-refractivity contribution < 1.29 is 4.79 Å². The Kier molecular flexibility index (Phi) is 3.93. The zero-order valence-corrected chi connectivity index (χ0v) is 13.3. The third-order valence-electron chi connectivity index (χ3n) is 3.58. The second-order valence-corrected chi connectivity index (χ2v) is 5.93. The van der Waals surface area contributed by atoms with Gasteiger partial charge in [-0.1, -0.05) is 6.92 Å². The Labute approximate surface area is 130 Å². The Balaban J connectivity index is 2.20. The molecule has 22 heavy (non-hydrogen) atoms. The van der Waals surface area contributed by atoms with Gasteiger partial charge in [-0.15, -0.1) is 21.5 Å². The van der Waals surface area contributed by atoms with Crippen LogP contribution in [0.2, 0.25) is 0 Å². The molecule has 0 fully saturated rings. The van der Waals surface area contributed by atoms with Crippen LogP contribution < -0.4 is 10.9 Å². The van der Waals surface area contributed by atoms with Crippen molar-refractivity contribution in [3.05, 3.63) is 27.6 Å². The molecular formula is C14H17N5O2S. The fourth-order valence-electron chi connectivity index (χ4n) is 2.52. The van der Waals surface area contributed by atoms with Gasteiger partial charge in [0.25, 0.3) is 5.56 Å². The fraction of sp³-hybridized carbons (Fsp3) is 0.429. The first-order valence-corrected chi connectivity index (χ1v) is 8.10. The number of nitrogens with one attached hydrogen (secondary N) is 1. The summed E-state index contributed by atoms with van der Waals surface area (Å²) in [7, 11) is 1.61. The summed E-state index contributed by atoms with van der Waals surface area (Å²) >= 11 is 1.42. The molecule has 0 unspecified atom stereocenters. The number of aromatic nitrogens is 4. The molecular weight excluding hydrogens is 302 g/mol. The normalized spacial score (nSPS) is 11.4. The Hall–Kier alpha value is -2.22. The number of aryl methyl sites for hydroxylation is 2. The van der Waals surface area contributed by atoms with Crippen molar-refractivity contribution in [3.63, 3.8) is 0 Å². The van der Waals surface area contributed by atoms with Crippen LogP contribution in [-0.4, -0.2) is 32.1 Å². The van der Waals surface area contributed by atoms with Gasteiger partial charge in [-0.05, 0) is 17.9 Å². The summed E-state index contributed by atoms with van der Waals surface area (Å²) in [5, 5.41) is 12.9. The van der Waals surface area contributed by atoms with Gasteiger partial charge in [0, 0.05) is 26.4 Å². The molecule has 0 aliphatic carbocycles. The monoisotopic (exact) mass is 319 g/mol. The van der Waals surface area contributed by atoms with Gasteiger partial charge < -0.3 is 5.32 Å². The molecule has 1 amide bonds. The first-order valence-electron chi connectivity index (χ1n) is 7.22. The SMILES string of the molecule is CCCn1c(=O)c2sccc2n2c(CCC(=O)NC)nnc12. The van der Waals surface area contributed by atoms with Crippen LogP contribution in [0, 0.1) is 0 Å². The number of rotatable bonds is 5. The van der Waals surface area contributed by atoms with E-state index in [1.165, 1.54) is 11.3 Å². The largest absolute Gasteiger partial charge is 0.359 e. The minimum Gasteiger partial charge on any atom is -0.359 e. The highest BCUT2D eigenvalue weighted by atomic mass is 32.1. The molecule has 1 N–H and O–H groups in total. The predicted molar refractivity (Wildman–Crippen MR) is 85.3 cm³/mol. The lowest BCUT2D eigenvalue weighted by Crippen LogP contribution is -2.23. The summed E-state index contributed by atoms with van der Waals surface area (Å²) in [5.74, 6) is 1.21. The number of amides is 1. The third kappa shape index (κ3) is 2.29. The number of nitrogens with zero attached hydrogens (tertiary/aromatic N) is 4. The van der Waals surface area contributed by atoms with Crippen LogP contribution in [0.1, 0.15) is 25.6 Å². The van der Waals surface area contributed by atoms with E-state index in [1.807, 2.05) is 22.8 Å². The van der Waals surface area contributed by atoms with Crippen molar-refractivity contribution in [1.82, 2.24) is 24.5 Å². The smallest absolute Gasteiger partial charge is 0.272 e. The summed E-state index contributed by atoms with van der Waals surface area (Å²) in [4.78, 5) is 24.0. The number of fused-ring (bicyclic) bond motifs is 3. The number of carbonyl (C=O) groups excluding carboxylic acids is 1. The molecule has 3 heterocycles. The molecule has 0 aliphatic rings. The average Bonchev–Trinajstić information content (AvgIpc) is 3.15. The van der Waals surface area contributed by atoms with Crippen molar-refractivity contribution in [2.24, 2.45) is 0 Å². The zero-order valence-electron chi connectivity index (χ0n) is 12.5. The van der Waals surface area contributed by atoms with Gasteiger partial charge in [-0.3, -0.25) is 18.6 Å². The zero-order chi connectivity index (χ0) is 15.7. The van der Waals surface area contributed by atoms with Crippen molar-refractivity contribution in [2.75, 3.05) is 7.05 Å². The van der Waals surface area contributed by atoms with E-state index in [0.29, 0.717) is 35.7 Å². The van der Waals surface area contributed by atoms with E-state index in [9.17, 15) is 9.59 Å². The van der Waals surface area contributed by atoms with Gasteiger partial charge in [-0.25, -0.2) is 0 Å². The molecule has 0 spiro atoms. The van der Waals surface area contributed by atoms with E-state index in [0.717, 1.165) is 11.9 Å². The van der Waals surface area contributed by atoms with Gasteiger partial charge in [0.1, 0.15) is 10.5 Å². The minimum atomic E-state index is -0.0415. The molecule has 0 saturated carbocycles. The first-order chi connectivity index (χ1) is 10.7. The molecule has 0 aliphatic heterocycles. The quantitative estimate of drug-likeness (QED) is 0.766. The van der Waals surface area contributed by atoms with Gasteiger partial charge in [-0.2, -0.15) is 0 Å². The molecule has 116 valence electrons. The van der Waals surface area contributed by atoms with Crippen molar-refractivity contribution in [1.29, 1.82) is 0 Å².